The van der Waals surface area contributed by atoms with Crippen LogP contribution in [0.15, 0.2) is 42.5 Å². The topological polar surface area (TPSA) is 56.8 Å². The Morgan fingerprint density at radius 2 is 1.60 bits per heavy atom. The van der Waals surface area contributed by atoms with Crippen molar-refractivity contribution >= 4 is 5.91 Å². The molecule has 1 fully saturated rings. The fourth-order valence-electron chi connectivity index (χ4n) is 3.07. The number of carbonyl (C=O) groups is 1. The number of carbonyl (C=O) groups excluding carboxylic acids is 1. The summed E-state index contributed by atoms with van der Waals surface area (Å²) in [6.07, 6.45) is 2.18. The molecule has 0 radical (unpaired) electrons. The van der Waals surface area contributed by atoms with Crippen LogP contribution in [0.1, 0.15) is 28.8 Å². The second kappa shape index (κ2) is 7.05. The van der Waals surface area contributed by atoms with Crippen LogP contribution in [0.2, 0.25) is 0 Å². The molecule has 0 atom stereocenters. The Bertz CT molecular complexity index is 729. The molecule has 2 aromatic rings. The van der Waals surface area contributed by atoms with E-state index in [2.05, 4.69) is 17.4 Å². The quantitative estimate of drug-likeness (QED) is 0.840. The molecule has 1 saturated carbocycles. The van der Waals surface area contributed by atoms with Crippen LogP contribution >= 0.6 is 0 Å². The van der Waals surface area contributed by atoms with Crippen LogP contribution in [-0.4, -0.2) is 33.8 Å². The van der Waals surface area contributed by atoms with Gasteiger partial charge in [0.1, 0.15) is 0 Å². The summed E-state index contributed by atoms with van der Waals surface area (Å²) in [5.74, 6) is 1.26. The summed E-state index contributed by atoms with van der Waals surface area (Å²) >= 11 is 0. The van der Waals surface area contributed by atoms with E-state index in [4.69, 9.17) is 14.2 Å². The van der Waals surface area contributed by atoms with Gasteiger partial charge in [-0.05, 0) is 30.5 Å². The first-order valence-corrected chi connectivity index (χ1v) is 8.27. The monoisotopic (exact) mass is 341 g/mol. The van der Waals surface area contributed by atoms with Crippen molar-refractivity contribution in [1.82, 2.24) is 5.32 Å². The predicted molar refractivity (Wildman–Crippen MR) is 95.8 cm³/mol. The fourth-order valence-corrected chi connectivity index (χ4v) is 3.07. The Kier molecular flexibility index (Phi) is 4.83. The molecule has 0 aliphatic heterocycles. The van der Waals surface area contributed by atoms with Gasteiger partial charge >= 0.3 is 0 Å². The standard InChI is InChI=1S/C20H23NO4/c1-23-16-11-14(12-17(24-2)18(16)25-3)19(22)21-13-20(9-10-20)15-7-5-4-6-8-15/h4-8,11-12H,9-10,13H2,1-3H3,(H,21,22). The molecule has 0 unspecified atom stereocenters. The largest absolute Gasteiger partial charge is 0.493 e. The van der Waals surface area contributed by atoms with Crippen LogP contribution in [-0.2, 0) is 5.41 Å². The molecule has 0 heterocycles. The van der Waals surface area contributed by atoms with Gasteiger partial charge in [-0.25, -0.2) is 0 Å². The minimum Gasteiger partial charge on any atom is -0.493 e. The highest BCUT2D eigenvalue weighted by Gasteiger charge is 2.44. The van der Waals surface area contributed by atoms with E-state index in [1.165, 1.54) is 26.9 Å². The number of rotatable bonds is 7. The summed E-state index contributed by atoms with van der Waals surface area (Å²) in [6.45, 7) is 0.618. The van der Waals surface area contributed by atoms with Crippen molar-refractivity contribution in [2.24, 2.45) is 0 Å². The third kappa shape index (κ3) is 3.40. The molecule has 0 bridgehead atoms. The van der Waals surface area contributed by atoms with E-state index in [0.717, 1.165) is 12.8 Å². The highest BCUT2D eigenvalue weighted by atomic mass is 16.5. The van der Waals surface area contributed by atoms with Gasteiger partial charge in [-0.3, -0.25) is 4.79 Å². The van der Waals surface area contributed by atoms with Crippen molar-refractivity contribution in [2.75, 3.05) is 27.9 Å². The summed E-state index contributed by atoms with van der Waals surface area (Å²) in [6, 6.07) is 13.7. The zero-order valence-electron chi connectivity index (χ0n) is 14.8. The van der Waals surface area contributed by atoms with E-state index in [1.807, 2.05) is 18.2 Å². The molecule has 1 aliphatic carbocycles. The van der Waals surface area contributed by atoms with Gasteiger partial charge in [0.2, 0.25) is 5.75 Å². The average molecular weight is 341 g/mol. The number of hydrogen-bond donors (Lipinski definition) is 1. The normalized spacial score (nSPS) is 14.5. The summed E-state index contributed by atoms with van der Waals surface area (Å²) in [5.41, 5.74) is 1.83. The first-order valence-electron chi connectivity index (χ1n) is 8.27. The van der Waals surface area contributed by atoms with Crippen molar-refractivity contribution in [3.05, 3.63) is 53.6 Å². The van der Waals surface area contributed by atoms with E-state index in [9.17, 15) is 4.79 Å². The van der Waals surface area contributed by atoms with Crippen molar-refractivity contribution in [1.29, 1.82) is 0 Å². The molecule has 5 nitrogen and oxygen atoms in total. The summed E-state index contributed by atoms with van der Waals surface area (Å²) in [4.78, 5) is 12.6. The van der Waals surface area contributed by atoms with Crippen LogP contribution in [0.3, 0.4) is 0 Å². The lowest BCUT2D eigenvalue weighted by molar-refractivity contribution is 0.0949. The number of methoxy groups -OCH3 is 3. The second-order valence-electron chi connectivity index (χ2n) is 6.24. The Labute approximate surface area is 147 Å². The highest BCUT2D eigenvalue weighted by Crippen LogP contribution is 2.47. The molecule has 0 aromatic heterocycles. The number of benzene rings is 2. The third-order valence-electron chi connectivity index (χ3n) is 4.75. The maximum atomic E-state index is 12.6. The van der Waals surface area contributed by atoms with E-state index in [0.29, 0.717) is 29.4 Å². The van der Waals surface area contributed by atoms with E-state index in [1.54, 1.807) is 12.1 Å². The molecule has 0 spiro atoms. The Morgan fingerprint density at radius 3 is 2.08 bits per heavy atom. The van der Waals surface area contributed by atoms with Gasteiger partial charge in [-0.2, -0.15) is 0 Å². The van der Waals surface area contributed by atoms with E-state index >= 15 is 0 Å². The molecule has 132 valence electrons. The Balaban J connectivity index is 1.76. The summed E-state index contributed by atoms with van der Waals surface area (Å²) in [7, 11) is 4.61. The summed E-state index contributed by atoms with van der Waals surface area (Å²) in [5, 5.41) is 3.05. The maximum Gasteiger partial charge on any atom is 0.251 e. The molecular weight excluding hydrogens is 318 g/mol. The van der Waals surface area contributed by atoms with E-state index in [-0.39, 0.29) is 11.3 Å². The lowest BCUT2D eigenvalue weighted by atomic mass is 9.96. The predicted octanol–water partition coefficient (Wildman–Crippen LogP) is 3.17. The van der Waals surface area contributed by atoms with Crippen LogP contribution in [0.5, 0.6) is 17.2 Å². The van der Waals surface area contributed by atoms with Crippen molar-refractivity contribution in [2.45, 2.75) is 18.3 Å². The molecule has 1 amide bonds. The van der Waals surface area contributed by atoms with Crippen molar-refractivity contribution in [3.8, 4) is 17.2 Å². The number of ether oxygens (including phenoxy) is 3. The highest BCUT2D eigenvalue weighted by molar-refractivity contribution is 5.95. The fraction of sp³-hybridized carbons (Fsp3) is 0.350. The van der Waals surface area contributed by atoms with Crippen LogP contribution in [0.4, 0.5) is 0 Å². The van der Waals surface area contributed by atoms with Crippen LogP contribution in [0.25, 0.3) is 0 Å². The number of nitrogens with one attached hydrogen (secondary N) is 1. The van der Waals surface area contributed by atoms with Gasteiger partial charge in [0, 0.05) is 17.5 Å². The molecule has 0 saturated heterocycles. The molecule has 1 aliphatic rings. The van der Waals surface area contributed by atoms with Gasteiger partial charge in [-0.1, -0.05) is 30.3 Å². The Hall–Kier alpha value is -2.69. The zero-order chi connectivity index (χ0) is 17.9. The average Bonchev–Trinajstić information content (AvgIpc) is 3.46. The number of amides is 1. The lowest BCUT2D eigenvalue weighted by Gasteiger charge is -2.18. The smallest absolute Gasteiger partial charge is 0.251 e. The molecule has 25 heavy (non-hydrogen) atoms. The van der Waals surface area contributed by atoms with Crippen LogP contribution < -0.4 is 19.5 Å². The lowest BCUT2D eigenvalue weighted by Crippen LogP contribution is -2.32. The molecule has 2 aromatic carbocycles. The SMILES string of the molecule is COc1cc(C(=O)NCC2(c3ccccc3)CC2)cc(OC)c1OC. The zero-order valence-corrected chi connectivity index (χ0v) is 14.8. The van der Waals surface area contributed by atoms with Gasteiger partial charge in [0.05, 0.1) is 21.3 Å². The Morgan fingerprint density at radius 1 is 1.00 bits per heavy atom. The first kappa shape index (κ1) is 17.1. The maximum absolute atomic E-state index is 12.6. The van der Waals surface area contributed by atoms with Crippen molar-refractivity contribution in [3.63, 3.8) is 0 Å². The molecular formula is C20H23NO4. The van der Waals surface area contributed by atoms with Crippen molar-refractivity contribution < 1.29 is 19.0 Å². The minimum absolute atomic E-state index is 0.0670. The van der Waals surface area contributed by atoms with E-state index < -0.39 is 0 Å². The summed E-state index contributed by atoms with van der Waals surface area (Å²) < 4.78 is 15.9. The van der Waals surface area contributed by atoms with Gasteiger partial charge in [0.25, 0.3) is 5.91 Å². The first-order chi connectivity index (χ1) is 12.1. The molecule has 5 heteroatoms. The molecule has 3 rings (SSSR count). The van der Waals surface area contributed by atoms with Gasteiger partial charge in [0.15, 0.2) is 11.5 Å². The third-order valence-corrected chi connectivity index (χ3v) is 4.75. The van der Waals surface area contributed by atoms with Gasteiger partial charge < -0.3 is 19.5 Å². The number of hydrogen-bond acceptors (Lipinski definition) is 4. The minimum atomic E-state index is -0.151. The molecule has 1 N–H and O–H groups in total. The van der Waals surface area contributed by atoms with Gasteiger partial charge in [-0.15, -0.1) is 0 Å². The van der Waals surface area contributed by atoms with Crippen LogP contribution in [0, 0.1) is 0 Å². The second-order valence-corrected chi connectivity index (χ2v) is 6.24.